The number of hydrogen-bond acceptors (Lipinski definition) is 2. The molecule has 0 aliphatic carbocycles. The summed E-state index contributed by atoms with van der Waals surface area (Å²) in [6.45, 7) is 4.39. The Hall–Kier alpha value is -0.570. The largest absolute Gasteiger partial charge is 0.253 e. The summed E-state index contributed by atoms with van der Waals surface area (Å²) in [6.07, 6.45) is 4.78. The fourth-order valence-electron chi connectivity index (χ4n) is 1.67. The lowest BCUT2D eigenvalue weighted by molar-refractivity contribution is 0.323. The van der Waals surface area contributed by atoms with E-state index >= 15 is 0 Å². The highest BCUT2D eigenvalue weighted by Gasteiger charge is 2.24. The van der Waals surface area contributed by atoms with Gasteiger partial charge in [-0.2, -0.15) is 5.10 Å². The topological polar surface area (TPSA) is 30.7 Å². The van der Waals surface area contributed by atoms with Crippen molar-refractivity contribution >= 4 is 11.6 Å². The molecular formula is C10H18ClN3. The normalized spacial score (nSPS) is 15.4. The second-order valence-corrected chi connectivity index (χ2v) is 4.44. The Labute approximate surface area is 90.5 Å². The van der Waals surface area contributed by atoms with Crippen LogP contribution in [-0.2, 0) is 13.5 Å². The SMILES string of the molecule is CCCC(C)(CCl)Cc1ncnn1C. The first-order valence-corrected chi connectivity index (χ1v) is 5.53. The third kappa shape index (κ3) is 2.71. The zero-order valence-corrected chi connectivity index (χ0v) is 9.88. The fraction of sp³-hybridized carbons (Fsp3) is 0.800. The molecule has 0 spiro atoms. The molecule has 0 saturated carbocycles. The van der Waals surface area contributed by atoms with Gasteiger partial charge in [0.25, 0.3) is 0 Å². The van der Waals surface area contributed by atoms with E-state index in [0.29, 0.717) is 5.88 Å². The van der Waals surface area contributed by atoms with Gasteiger partial charge < -0.3 is 0 Å². The molecule has 1 rings (SSSR count). The van der Waals surface area contributed by atoms with Gasteiger partial charge in [-0.1, -0.05) is 20.3 Å². The summed E-state index contributed by atoms with van der Waals surface area (Å²) >= 11 is 6.00. The van der Waals surface area contributed by atoms with E-state index < -0.39 is 0 Å². The molecule has 0 radical (unpaired) electrons. The Kier molecular flexibility index (Phi) is 3.93. The van der Waals surface area contributed by atoms with Crippen LogP contribution < -0.4 is 0 Å². The van der Waals surface area contributed by atoms with Crippen LogP contribution in [0.2, 0.25) is 0 Å². The molecule has 0 bridgehead atoms. The van der Waals surface area contributed by atoms with Crippen LogP contribution in [0.1, 0.15) is 32.5 Å². The maximum Gasteiger partial charge on any atom is 0.138 e. The van der Waals surface area contributed by atoms with Crippen molar-refractivity contribution in [2.75, 3.05) is 5.88 Å². The first kappa shape index (κ1) is 11.5. The number of hydrogen-bond donors (Lipinski definition) is 0. The van der Waals surface area contributed by atoms with Crippen molar-refractivity contribution in [2.45, 2.75) is 33.1 Å². The average Bonchev–Trinajstić information content (AvgIpc) is 2.52. The summed E-state index contributed by atoms with van der Waals surface area (Å²) in [7, 11) is 1.92. The van der Waals surface area contributed by atoms with Gasteiger partial charge in [-0.05, 0) is 11.8 Å². The maximum atomic E-state index is 6.00. The van der Waals surface area contributed by atoms with Crippen molar-refractivity contribution in [3.05, 3.63) is 12.2 Å². The molecule has 4 heteroatoms. The number of aryl methyl sites for hydroxylation is 1. The minimum Gasteiger partial charge on any atom is -0.253 e. The van der Waals surface area contributed by atoms with E-state index in [4.69, 9.17) is 11.6 Å². The molecule has 1 aromatic heterocycles. The minimum atomic E-state index is 0.150. The van der Waals surface area contributed by atoms with Crippen molar-refractivity contribution in [2.24, 2.45) is 12.5 Å². The molecule has 3 nitrogen and oxygen atoms in total. The molecule has 0 aromatic carbocycles. The maximum absolute atomic E-state index is 6.00. The molecule has 1 atom stereocenters. The van der Waals surface area contributed by atoms with E-state index in [-0.39, 0.29) is 5.41 Å². The highest BCUT2D eigenvalue weighted by molar-refractivity contribution is 6.18. The Morgan fingerprint density at radius 3 is 2.71 bits per heavy atom. The lowest BCUT2D eigenvalue weighted by Crippen LogP contribution is -2.23. The summed E-state index contributed by atoms with van der Waals surface area (Å²) < 4.78 is 1.82. The summed E-state index contributed by atoms with van der Waals surface area (Å²) in [4.78, 5) is 4.22. The Bertz CT molecular complexity index is 285. The molecule has 80 valence electrons. The highest BCUT2D eigenvalue weighted by Crippen LogP contribution is 2.28. The van der Waals surface area contributed by atoms with Crippen LogP contribution in [0.3, 0.4) is 0 Å². The zero-order valence-electron chi connectivity index (χ0n) is 9.13. The molecule has 0 amide bonds. The van der Waals surface area contributed by atoms with Crippen LogP contribution in [0.25, 0.3) is 0 Å². The molecular weight excluding hydrogens is 198 g/mol. The van der Waals surface area contributed by atoms with Crippen LogP contribution in [0.5, 0.6) is 0 Å². The van der Waals surface area contributed by atoms with E-state index in [0.717, 1.165) is 25.1 Å². The molecule has 0 aliphatic rings. The zero-order chi connectivity index (χ0) is 10.6. The number of rotatable bonds is 5. The van der Waals surface area contributed by atoms with Crippen LogP contribution in [-0.4, -0.2) is 20.6 Å². The van der Waals surface area contributed by atoms with Gasteiger partial charge in [-0.15, -0.1) is 11.6 Å². The monoisotopic (exact) mass is 215 g/mol. The molecule has 0 N–H and O–H groups in total. The Balaban J connectivity index is 2.69. The smallest absolute Gasteiger partial charge is 0.138 e. The van der Waals surface area contributed by atoms with E-state index in [1.165, 1.54) is 0 Å². The summed E-state index contributed by atoms with van der Waals surface area (Å²) in [5.74, 6) is 1.69. The van der Waals surface area contributed by atoms with Gasteiger partial charge in [0.2, 0.25) is 0 Å². The van der Waals surface area contributed by atoms with Crippen molar-refractivity contribution in [1.29, 1.82) is 0 Å². The van der Waals surface area contributed by atoms with Gasteiger partial charge in [-0.25, -0.2) is 4.98 Å². The number of nitrogens with zero attached hydrogens (tertiary/aromatic N) is 3. The molecule has 0 aliphatic heterocycles. The van der Waals surface area contributed by atoms with E-state index in [2.05, 4.69) is 23.9 Å². The summed E-state index contributed by atoms with van der Waals surface area (Å²) in [5.41, 5.74) is 0.150. The van der Waals surface area contributed by atoms with Gasteiger partial charge in [0.05, 0.1) is 0 Å². The van der Waals surface area contributed by atoms with Gasteiger partial charge in [0.1, 0.15) is 12.2 Å². The summed E-state index contributed by atoms with van der Waals surface area (Å²) in [6, 6.07) is 0. The average molecular weight is 216 g/mol. The molecule has 14 heavy (non-hydrogen) atoms. The molecule has 0 saturated heterocycles. The predicted octanol–water partition coefficient (Wildman–Crippen LogP) is 2.40. The molecule has 0 fully saturated rings. The van der Waals surface area contributed by atoms with Crippen molar-refractivity contribution in [1.82, 2.24) is 14.8 Å². The van der Waals surface area contributed by atoms with Crippen molar-refractivity contribution < 1.29 is 0 Å². The second-order valence-electron chi connectivity index (χ2n) is 4.17. The van der Waals surface area contributed by atoms with Gasteiger partial charge >= 0.3 is 0 Å². The van der Waals surface area contributed by atoms with Crippen LogP contribution in [0.15, 0.2) is 6.33 Å². The lowest BCUT2D eigenvalue weighted by atomic mass is 9.84. The Morgan fingerprint density at radius 1 is 1.57 bits per heavy atom. The first-order chi connectivity index (χ1) is 6.61. The van der Waals surface area contributed by atoms with Crippen molar-refractivity contribution in [3.8, 4) is 0 Å². The van der Waals surface area contributed by atoms with Gasteiger partial charge in [0, 0.05) is 19.3 Å². The molecule has 1 heterocycles. The minimum absolute atomic E-state index is 0.150. The van der Waals surface area contributed by atoms with Gasteiger partial charge in [-0.3, -0.25) is 4.68 Å². The molecule has 1 unspecified atom stereocenters. The highest BCUT2D eigenvalue weighted by atomic mass is 35.5. The van der Waals surface area contributed by atoms with E-state index in [1.54, 1.807) is 6.33 Å². The predicted molar refractivity (Wildman–Crippen MR) is 58.4 cm³/mol. The summed E-state index contributed by atoms with van der Waals surface area (Å²) in [5, 5.41) is 4.06. The van der Waals surface area contributed by atoms with Crippen LogP contribution >= 0.6 is 11.6 Å². The number of aromatic nitrogens is 3. The standard InChI is InChI=1S/C10H18ClN3/c1-4-5-10(2,7-11)6-9-12-8-13-14(9)3/h8H,4-7H2,1-3H3. The quantitative estimate of drug-likeness (QED) is 0.707. The van der Waals surface area contributed by atoms with Crippen molar-refractivity contribution in [3.63, 3.8) is 0 Å². The Morgan fingerprint density at radius 2 is 2.29 bits per heavy atom. The molecule has 1 aromatic rings. The number of alkyl halides is 1. The number of halogens is 1. The van der Waals surface area contributed by atoms with E-state index in [9.17, 15) is 0 Å². The third-order valence-electron chi connectivity index (χ3n) is 2.57. The van der Waals surface area contributed by atoms with Crippen LogP contribution in [0.4, 0.5) is 0 Å². The third-order valence-corrected chi connectivity index (χ3v) is 3.21. The van der Waals surface area contributed by atoms with Crippen LogP contribution in [0, 0.1) is 5.41 Å². The second kappa shape index (κ2) is 4.78. The van der Waals surface area contributed by atoms with Gasteiger partial charge in [0.15, 0.2) is 0 Å². The fourth-order valence-corrected chi connectivity index (χ4v) is 1.90. The first-order valence-electron chi connectivity index (χ1n) is 5.00. The lowest BCUT2D eigenvalue weighted by Gasteiger charge is -2.25. The van der Waals surface area contributed by atoms with E-state index in [1.807, 2.05) is 11.7 Å².